The third-order valence-corrected chi connectivity index (χ3v) is 5.91. The molecule has 0 saturated carbocycles. The molecule has 2 aromatic carbocycles. The average Bonchev–Trinajstić information content (AvgIpc) is 3.39. The second-order valence-corrected chi connectivity index (χ2v) is 8.48. The van der Waals surface area contributed by atoms with Crippen molar-refractivity contribution in [1.82, 2.24) is 24.5 Å². The van der Waals surface area contributed by atoms with Gasteiger partial charge >= 0.3 is 0 Å². The van der Waals surface area contributed by atoms with Crippen molar-refractivity contribution in [3.05, 3.63) is 76.3 Å². The van der Waals surface area contributed by atoms with Crippen LogP contribution in [0.15, 0.2) is 54.9 Å². The van der Waals surface area contributed by atoms with Crippen molar-refractivity contribution in [3.8, 4) is 34.2 Å². The van der Waals surface area contributed by atoms with E-state index in [0.717, 1.165) is 28.0 Å². The first-order valence-electron chi connectivity index (χ1n) is 10.2. The van der Waals surface area contributed by atoms with Gasteiger partial charge in [0.1, 0.15) is 5.52 Å². The van der Waals surface area contributed by atoms with Gasteiger partial charge in [0.15, 0.2) is 17.3 Å². The van der Waals surface area contributed by atoms with Gasteiger partial charge in [-0.1, -0.05) is 41.4 Å². The topological polar surface area (TPSA) is 112 Å². The highest BCUT2D eigenvalue weighted by atomic mass is 35.5. The van der Waals surface area contributed by atoms with Crippen LogP contribution in [-0.2, 0) is 0 Å². The Labute approximate surface area is 204 Å². The molecule has 0 aliphatic carbocycles. The number of nitrogens with one attached hydrogen (secondary N) is 1. The lowest BCUT2D eigenvalue weighted by Gasteiger charge is -2.13. The van der Waals surface area contributed by atoms with E-state index in [0.29, 0.717) is 32.8 Å². The minimum atomic E-state index is -0.745. The molecule has 34 heavy (non-hydrogen) atoms. The minimum Gasteiger partial charge on any atom is -0.493 e. The van der Waals surface area contributed by atoms with E-state index in [1.165, 1.54) is 13.3 Å². The number of hydrogen-bond acceptors (Lipinski definition) is 5. The molecular weight excluding hydrogens is 475 g/mol. The third-order valence-electron chi connectivity index (χ3n) is 5.42. The lowest BCUT2D eigenvalue weighted by molar-refractivity contribution is 0.0990. The SMILES string of the molecule is COc1cnc(C(N)=O)nc1-c1nc2c(-c3ccc(Cl)cc3)n(-c3cc(Cl)ccc3C)cc2[nH]1. The van der Waals surface area contributed by atoms with Crippen molar-refractivity contribution in [3.63, 3.8) is 0 Å². The number of aromatic amines is 1. The van der Waals surface area contributed by atoms with Gasteiger partial charge in [0.05, 0.1) is 30.2 Å². The Morgan fingerprint density at radius 1 is 1.09 bits per heavy atom. The van der Waals surface area contributed by atoms with E-state index in [1.54, 1.807) is 0 Å². The molecule has 5 aromatic rings. The van der Waals surface area contributed by atoms with E-state index in [9.17, 15) is 4.79 Å². The Kier molecular flexibility index (Phi) is 5.47. The van der Waals surface area contributed by atoms with Crippen LogP contribution in [0.4, 0.5) is 0 Å². The van der Waals surface area contributed by atoms with Crippen molar-refractivity contribution in [2.45, 2.75) is 6.92 Å². The van der Waals surface area contributed by atoms with Gasteiger partial charge in [-0.3, -0.25) is 4.79 Å². The number of H-pyrrole nitrogens is 1. The summed E-state index contributed by atoms with van der Waals surface area (Å²) in [4.78, 5) is 27.9. The molecule has 8 nitrogen and oxygen atoms in total. The van der Waals surface area contributed by atoms with Gasteiger partial charge in [-0.05, 0) is 36.8 Å². The Balaban J connectivity index is 1.77. The summed E-state index contributed by atoms with van der Waals surface area (Å²) < 4.78 is 7.42. The number of carbonyl (C=O) groups excluding carboxylic acids is 1. The first-order chi connectivity index (χ1) is 16.4. The molecule has 1 amide bonds. The fraction of sp³-hybridized carbons (Fsp3) is 0.0833. The van der Waals surface area contributed by atoms with Crippen molar-refractivity contribution < 1.29 is 9.53 Å². The first-order valence-corrected chi connectivity index (χ1v) is 11.0. The van der Waals surface area contributed by atoms with Crippen LogP contribution in [0, 0.1) is 6.92 Å². The number of nitrogens with zero attached hydrogens (tertiary/aromatic N) is 4. The standard InChI is InChI=1S/C24H18Cl2N6O2/c1-12-3-6-15(26)9-17(12)32-11-16-19(21(32)13-4-7-14(25)8-5-13)30-23(29-16)20-18(34-2)10-28-24(31-20)22(27)33/h3-11H,1-2H3,(H2,27,33)(H,29,30). The molecule has 0 unspecified atom stereocenters. The fourth-order valence-electron chi connectivity index (χ4n) is 3.80. The molecule has 5 rings (SSSR count). The maximum atomic E-state index is 11.6. The van der Waals surface area contributed by atoms with Crippen molar-refractivity contribution in [2.75, 3.05) is 7.11 Å². The van der Waals surface area contributed by atoms with E-state index in [2.05, 4.69) is 15.0 Å². The number of imidazole rings is 1. The van der Waals surface area contributed by atoms with Crippen LogP contribution in [0.1, 0.15) is 16.2 Å². The lowest BCUT2D eigenvalue weighted by Crippen LogP contribution is -2.16. The number of aromatic nitrogens is 5. The summed E-state index contributed by atoms with van der Waals surface area (Å²) in [7, 11) is 1.49. The number of primary amides is 1. The van der Waals surface area contributed by atoms with Crippen LogP contribution >= 0.6 is 23.2 Å². The number of halogens is 2. The molecule has 0 atom stereocenters. The molecule has 3 N–H and O–H groups in total. The van der Waals surface area contributed by atoms with Crippen molar-refractivity contribution >= 4 is 40.1 Å². The average molecular weight is 493 g/mol. The number of fused-ring (bicyclic) bond motifs is 1. The quantitative estimate of drug-likeness (QED) is 0.350. The molecule has 0 aliphatic heterocycles. The maximum absolute atomic E-state index is 11.6. The zero-order chi connectivity index (χ0) is 24.0. The van der Waals surface area contributed by atoms with Crippen LogP contribution in [0.5, 0.6) is 5.75 Å². The molecular formula is C24H18Cl2N6O2. The Hall–Kier alpha value is -3.88. The van der Waals surface area contributed by atoms with Gasteiger partial charge in [0, 0.05) is 21.8 Å². The number of amides is 1. The number of aryl methyl sites for hydroxylation is 1. The van der Waals surface area contributed by atoms with E-state index in [1.807, 2.05) is 60.2 Å². The first kappa shape index (κ1) is 21.9. The monoisotopic (exact) mass is 492 g/mol. The van der Waals surface area contributed by atoms with Crippen LogP contribution in [0.2, 0.25) is 10.0 Å². The molecule has 0 radical (unpaired) electrons. The van der Waals surface area contributed by atoms with E-state index < -0.39 is 5.91 Å². The zero-order valence-corrected chi connectivity index (χ0v) is 19.6. The number of carbonyl (C=O) groups is 1. The Bertz CT molecular complexity index is 1560. The summed E-state index contributed by atoms with van der Waals surface area (Å²) >= 11 is 12.5. The van der Waals surface area contributed by atoms with Gasteiger partial charge < -0.3 is 20.0 Å². The molecule has 0 spiro atoms. The van der Waals surface area contributed by atoms with Crippen molar-refractivity contribution in [1.29, 1.82) is 0 Å². The number of ether oxygens (including phenoxy) is 1. The predicted octanol–water partition coefficient (Wildman–Crippen LogP) is 5.20. The number of nitrogens with two attached hydrogens (primary N) is 1. The molecule has 3 aromatic heterocycles. The summed E-state index contributed by atoms with van der Waals surface area (Å²) in [6, 6.07) is 13.2. The molecule has 0 fully saturated rings. The molecule has 3 heterocycles. The predicted molar refractivity (Wildman–Crippen MR) is 132 cm³/mol. The maximum Gasteiger partial charge on any atom is 0.286 e. The second kappa shape index (κ2) is 8.48. The minimum absolute atomic E-state index is 0.130. The molecule has 170 valence electrons. The molecule has 0 aliphatic rings. The smallest absolute Gasteiger partial charge is 0.286 e. The van der Waals surface area contributed by atoms with E-state index in [4.69, 9.17) is 38.7 Å². The van der Waals surface area contributed by atoms with Crippen molar-refractivity contribution in [2.24, 2.45) is 5.73 Å². The Morgan fingerprint density at radius 2 is 1.82 bits per heavy atom. The normalized spacial score (nSPS) is 11.2. The molecule has 0 bridgehead atoms. The highest BCUT2D eigenvalue weighted by molar-refractivity contribution is 6.31. The summed E-state index contributed by atoms with van der Waals surface area (Å²) in [5.41, 5.74) is 10.8. The van der Waals surface area contributed by atoms with E-state index in [-0.39, 0.29) is 5.82 Å². The van der Waals surface area contributed by atoms with Gasteiger partial charge in [-0.2, -0.15) is 0 Å². The number of benzene rings is 2. The summed E-state index contributed by atoms with van der Waals surface area (Å²) in [5.74, 6) is -0.107. The number of methoxy groups -OCH3 is 1. The number of hydrogen-bond donors (Lipinski definition) is 2. The second-order valence-electron chi connectivity index (χ2n) is 7.61. The fourth-order valence-corrected chi connectivity index (χ4v) is 4.10. The summed E-state index contributed by atoms with van der Waals surface area (Å²) in [6.07, 6.45) is 3.34. The van der Waals surface area contributed by atoms with Gasteiger partial charge in [0.2, 0.25) is 5.82 Å². The van der Waals surface area contributed by atoms with Crippen LogP contribution in [0.25, 0.3) is 39.5 Å². The van der Waals surface area contributed by atoms with Crippen LogP contribution in [0.3, 0.4) is 0 Å². The highest BCUT2D eigenvalue weighted by Gasteiger charge is 2.22. The largest absolute Gasteiger partial charge is 0.493 e. The third kappa shape index (κ3) is 3.76. The van der Waals surface area contributed by atoms with Gasteiger partial charge in [-0.15, -0.1) is 0 Å². The zero-order valence-electron chi connectivity index (χ0n) is 18.1. The van der Waals surface area contributed by atoms with Crippen LogP contribution in [-0.4, -0.2) is 37.5 Å². The summed E-state index contributed by atoms with van der Waals surface area (Å²) in [5, 5.41) is 1.25. The number of rotatable bonds is 5. The highest BCUT2D eigenvalue weighted by Crippen LogP contribution is 2.36. The molecule has 10 heteroatoms. The van der Waals surface area contributed by atoms with Crippen LogP contribution < -0.4 is 10.5 Å². The Morgan fingerprint density at radius 3 is 2.53 bits per heavy atom. The van der Waals surface area contributed by atoms with Gasteiger partial charge in [0.25, 0.3) is 5.91 Å². The molecule has 0 saturated heterocycles. The summed E-state index contributed by atoms with van der Waals surface area (Å²) in [6.45, 7) is 2.02. The van der Waals surface area contributed by atoms with Gasteiger partial charge in [-0.25, -0.2) is 15.0 Å². The van der Waals surface area contributed by atoms with E-state index >= 15 is 0 Å². The lowest BCUT2D eigenvalue weighted by atomic mass is 10.1.